The van der Waals surface area contributed by atoms with Crippen LogP contribution in [0.15, 0.2) is 43.0 Å². The lowest BCUT2D eigenvalue weighted by Gasteiger charge is -1.97. The quantitative estimate of drug-likeness (QED) is 0.647. The molecule has 0 saturated carbocycles. The van der Waals surface area contributed by atoms with Crippen LogP contribution in [0.3, 0.4) is 0 Å². The summed E-state index contributed by atoms with van der Waals surface area (Å²) in [5.41, 5.74) is 3.85. The van der Waals surface area contributed by atoms with Gasteiger partial charge in [-0.2, -0.15) is 0 Å². The van der Waals surface area contributed by atoms with Crippen molar-refractivity contribution in [2.24, 2.45) is 7.05 Å². The number of aryl methyl sites for hydroxylation is 1. The molecule has 0 aliphatic carbocycles. The summed E-state index contributed by atoms with van der Waals surface area (Å²) in [7, 11) is 2.10. The number of benzene rings is 1. The maximum Gasteiger partial charge on any atom is 0.0486 e. The van der Waals surface area contributed by atoms with Crippen LogP contribution in [-0.2, 0) is 7.05 Å². The molecular formula is C14H15N. The minimum atomic E-state index is 1.28. The van der Waals surface area contributed by atoms with Crippen molar-refractivity contribution >= 4 is 17.0 Å². The molecule has 2 rings (SSSR count). The zero-order valence-corrected chi connectivity index (χ0v) is 9.20. The number of para-hydroxylation sites is 1. The predicted octanol–water partition coefficient (Wildman–Crippen LogP) is 3.69. The normalized spacial score (nSPS) is 11.3. The number of nitrogens with zero attached hydrogens (tertiary/aromatic N) is 1. The van der Waals surface area contributed by atoms with Crippen LogP contribution in [-0.4, -0.2) is 4.57 Å². The molecular weight excluding hydrogens is 182 g/mol. The van der Waals surface area contributed by atoms with Gasteiger partial charge in [0.2, 0.25) is 0 Å². The van der Waals surface area contributed by atoms with Gasteiger partial charge in [0.1, 0.15) is 0 Å². The summed E-state index contributed by atoms with van der Waals surface area (Å²) in [4.78, 5) is 0. The Morgan fingerprint density at radius 3 is 2.73 bits per heavy atom. The highest BCUT2D eigenvalue weighted by atomic mass is 14.9. The Morgan fingerprint density at radius 2 is 2.00 bits per heavy atom. The van der Waals surface area contributed by atoms with E-state index < -0.39 is 0 Å². The number of hydrogen-bond donors (Lipinski definition) is 0. The highest BCUT2D eigenvalue weighted by molar-refractivity contribution is 5.91. The third-order valence-electron chi connectivity index (χ3n) is 2.85. The van der Waals surface area contributed by atoms with E-state index in [1.54, 1.807) is 6.08 Å². The third-order valence-corrected chi connectivity index (χ3v) is 2.85. The lowest BCUT2D eigenvalue weighted by Crippen LogP contribution is -1.89. The first-order valence-electron chi connectivity index (χ1n) is 5.09. The van der Waals surface area contributed by atoms with Gasteiger partial charge in [-0.15, -0.1) is 0 Å². The van der Waals surface area contributed by atoms with E-state index in [9.17, 15) is 0 Å². The van der Waals surface area contributed by atoms with Gasteiger partial charge < -0.3 is 4.57 Å². The minimum absolute atomic E-state index is 1.28. The molecule has 1 nitrogen and oxygen atoms in total. The smallest absolute Gasteiger partial charge is 0.0486 e. The second-order valence-electron chi connectivity index (χ2n) is 3.67. The van der Waals surface area contributed by atoms with E-state index in [0.29, 0.717) is 0 Å². The zero-order valence-electron chi connectivity index (χ0n) is 9.20. The molecule has 0 amide bonds. The highest BCUT2D eigenvalue weighted by Crippen LogP contribution is 2.25. The van der Waals surface area contributed by atoms with E-state index in [0.717, 1.165) is 0 Å². The molecule has 1 heterocycles. The number of hydrogen-bond acceptors (Lipinski definition) is 0. The van der Waals surface area contributed by atoms with Crippen molar-refractivity contribution in [2.75, 3.05) is 0 Å². The van der Waals surface area contributed by atoms with Crippen LogP contribution in [0.1, 0.15) is 11.3 Å². The molecule has 0 saturated heterocycles. The summed E-state index contributed by atoms with van der Waals surface area (Å²) in [6, 6.07) is 8.45. The first kappa shape index (κ1) is 9.78. The van der Waals surface area contributed by atoms with E-state index in [1.807, 2.05) is 6.08 Å². The molecule has 1 aromatic heterocycles. The summed E-state index contributed by atoms with van der Waals surface area (Å²) in [5.74, 6) is 0. The Morgan fingerprint density at radius 1 is 1.27 bits per heavy atom. The monoisotopic (exact) mass is 197 g/mol. The topological polar surface area (TPSA) is 4.93 Å². The lowest BCUT2D eigenvalue weighted by atomic mass is 10.1. The predicted molar refractivity (Wildman–Crippen MR) is 66.9 cm³/mol. The molecule has 0 bridgehead atoms. The zero-order chi connectivity index (χ0) is 10.8. The van der Waals surface area contributed by atoms with Gasteiger partial charge in [-0.3, -0.25) is 0 Å². The number of fused-ring (bicyclic) bond motifs is 1. The number of allylic oxidation sites excluding steroid dienone is 2. The van der Waals surface area contributed by atoms with E-state index in [-0.39, 0.29) is 0 Å². The van der Waals surface area contributed by atoms with Crippen molar-refractivity contribution < 1.29 is 0 Å². The SMILES string of the molecule is C=C/C=C/c1c(C)n(C)c2ccccc12. The van der Waals surface area contributed by atoms with Crippen LogP contribution in [0, 0.1) is 6.92 Å². The Balaban J connectivity index is 2.77. The summed E-state index contributed by atoms with van der Waals surface area (Å²) in [5, 5.41) is 1.30. The summed E-state index contributed by atoms with van der Waals surface area (Å²) < 4.78 is 2.22. The largest absolute Gasteiger partial charge is 0.347 e. The number of aromatic nitrogens is 1. The molecule has 0 atom stereocenters. The van der Waals surface area contributed by atoms with E-state index in [4.69, 9.17) is 0 Å². The maximum absolute atomic E-state index is 3.70. The second-order valence-corrected chi connectivity index (χ2v) is 3.67. The molecule has 15 heavy (non-hydrogen) atoms. The first-order valence-corrected chi connectivity index (χ1v) is 5.09. The van der Waals surface area contributed by atoms with Gasteiger partial charge in [-0.05, 0) is 13.0 Å². The van der Waals surface area contributed by atoms with Crippen LogP contribution >= 0.6 is 0 Å². The first-order chi connectivity index (χ1) is 7.25. The van der Waals surface area contributed by atoms with Crippen molar-refractivity contribution in [3.63, 3.8) is 0 Å². The van der Waals surface area contributed by atoms with Crippen molar-refractivity contribution in [3.8, 4) is 0 Å². The van der Waals surface area contributed by atoms with Crippen LogP contribution in [0.5, 0.6) is 0 Å². The van der Waals surface area contributed by atoms with Gasteiger partial charge in [-0.25, -0.2) is 0 Å². The molecule has 0 fully saturated rings. The molecule has 0 unspecified atom stereocenters. The molecule has 1 aromatic carbocycles. The molecule has 0 N–H and O–H groups in total. The number of rotatable bonds is 2. The molecule has 2 aromatic rings. The fourth-order valence-corrected chi connectivity index (χ4v) is 1.92. The van der Waals surface area contributed by atoms with Crippen molar-refractivity contribution in [1.29, 1.82) is 0 Å². The standard InChI is InChI=1S/C14H15N/c1-4-5-8-12-11(2)15(3)14-10-7-6-9-13(12)14/h4-10H,1H2,2-3H3/b8-5+. The van der Waals surface area contributed by atoms with Gasteiger partial charge in [0.05, 0.1) is 0 Å². The van der Waals surface area contributed by atoms with Gasteiger partial charge in [0.15, 0.2) is 0 Å². The average molecular weight is 197 g/mol. The Hall–Kier alpha value is -1.76. The van der Waals surface area contributed by atoms with Crippen LogP contribution in [0.2, 0.25) is 0 Å². The molecule has 0 aliphatic rings. The van der Waals surface area contributed by atoms with Crippen LogP contribution in [0.25, 0.3) is 17.0 Å². The Kier molecular flexibility index (Phi) is 2.46. The molecule has 76 valence electrons. The van der Waals surface area contributed by atoms with Crippen LogP contribution < -0.4 is 0 Å². The lowest BCUT2D eigenvalue weighted by molar-refractivity contribution is 0.916. The second kappa shape index (κ2) is 3.77. The molecule has 1 heteroatoms. The van der Waals surface area contributed by atoms with Crippen LogP contribution in [0.4, 0.5) is 0 Å². The molecule has 0 radical (unpaired) electrons. The van der Waals surface area contributed by atoms with Crippen molar-refractivity contribution in [1.82, 2.24) is 4.57 Å². The Labute approximate surface area is 90.3 Å². The fourth-order valence-electron chi connectivity index (χ4n) is 1.92. The fraction of sp³-hybridized carbons (Fsp3) is 0.143. The average Bonchev–Trinajstić information content (AvgIpc) is 2.51. The molecule has 0 aliphatic heterocycles. The minimum Gasteiger partial charge on any atom is -0.347 e. The van der Waals surface area contributed by atoms with Crippen molar-refractivity contribution in [2.45, 2.75) is 6.92 Å². The van der Waals surface area contributed by atoms with Gasteiger partial charge >= 0.3 is 0 Å². The Bertz CT molecular complexity index is 530. The summed E-state index contributed by atoms with van der Waals surface area (Å²) >= 11 is 0. The highest BCUT2D eigenvalue weighted by Gasteiger charge is 2.07. The van der Waals surface area contributed by atoms with Gasteiger partial charge in [-0.1, -0.05) is 43.0 Å². The van der Waals surface area contributed by atoms with Crippen molar-refractivity contribution in [3.05, 3.63) is 54.3 Å². The molecule has 0 spiro atoms. The van der Waals surface area contributed by atoms with E-state index in [2.05, 4.69) is 55.5 Å². The van der Waals surface area contributed by atoms with Gasteiger partial charge in [0.25, 0.3) is 0 Å². The van der Waals surface area contributed by atoms with E-state index >= 15 is 0 Å². The summed E-state index contributed by atoms with van der Waals surface area (Å²) in [6.45, 7) is 5.84. The van der Waals surface area contributed by atoms with Gasteiger partial charge in [0, 0.05) is 29.2 Å². The third kappa shape index (κ3) is 1.50. The maximum atomic E-state index is 3.70. The van der Waals surface area contributed by atoms with E-state index in [1.165, 1.54) is 22.2 Å². The summed E-state index contributed by atoms with van der Waals surface area (Å²) in [6.07, 6.45) is 5.90.